The molecule has 0 N–H and O–H groups in total. The van der Waals surface area contributed by atoms with Crippen LogP contribution in [0.2, 0.25) is 0 Å². The van der Waals surface area contributed by atoms with Crippen molar-refractivity contribution >= 4 is 55.0 Å². The van der Waals surface area contributed by atoms with Crippen LogP contribution in [0.15, 0.2) is 71.6 Å². The molecule has 0 spiro atoms. The quantitative estimate of drug-likeness (QED) is 0.270. The summed E-state index contributed by atoms with van der Waals surface area (Å²) in [6.45, 7) is 5.50. The first-order valence-corrected chi connectivity index (χ1v) is 14.3. The van der Waals surface area contributed by atoms with Crippen LogP contribution in [0, 0.1) is 13.8 Å². The molecule has 10 heteroatoms. The Balaban J connectivity index is 0.00000400. The van der Waals surface area contributed by atoms with Gasteiger partial charge in [0.25, 0.3) is 5.91 Å². The fourth-order valence-corrected chi connectivity index (χ4v) is 6.13. The summed E-state index contributed by atoms with van der Waals surface area (Å²) in [4.78, 5) is 22.2. The van der Waals surface area contributed by atoms with Crippen molar-refractivity contribution in [3.63, 3.8) is 0 Å². The topological polar surface area (TPSA) is 73.8 Å². The van der Waals surface area contributed by atoms with Crippen molar-refractivity contribution in [3.05, 3.63) is 89.0 Å². The molecule has 0 fully saturated rings. The van der Waals surface area contributed by atoms with E-state index in [0.717, 1.165) is 21.3 Å². The number of likely N-dealkylation sites (N-methyl/N-ethyl adjacent to an activating group) is 1. The summed E-state index contributed by atoms with van der Waals surface area (Å²) >= 11 is 1.49. The van der Waals surface area contributed by atoms with Crippen LogP contribution in [0.4, 0.5) is 5.13 Å². The summed E-state index contributed by atoms with van der Waals surface area (Å²) in [6, 6.07) is 19.7. The number of anilines is 1. The minimum atomic E-state index is -3.71. The van der Waals surface area contributed by atoms with Crippen LogP contribution in [0.3, 0.4) is 0 Å². The summed E-state index contributed by atoms with van der Waals surface area (Å²) < 4.78 is 28.6. The summed E-state index contributed by atoms with van der Waals surface area (Å²) in [5, 5.41) is 0.631. The van der Waals surface area contributed by atoms with Crippen molar-refractivity contribution in [2.24, 2.45) is 0 Å². The zero-order valence-corrected chi connectivity index (χ0v) is 24.7. The zero-order valence-electron chi connectivity index (χ0n) is 22.2. The highest BCUT2D eigenvalue weighted by Crippen LogP contribution is 2.31. The van der Waals surface area contributed by atoms with Crippen molar-refractivity contribution in [1.29, 1.82) is 0 Å². The third-order valence-electron chi connectivity index (χ3n) is 6.30. The number of sulfonamides is 1. The Hall–Kier alpha value is -2.82. The minimum absolute atomic E-state index is 0. The number of aromatic nitrogens is 1. The van der Waals surface area contributed by atoms with Crippen molar-refractivity contribution in [2.45, 2.75) is 25.3 Å². The van der Waals surface area contributed by atoms with Gasteiger partial charge in [0.15, 0.2) is 5.13 Å². The maximum Gasteiger partial charge on any atom is 0.260 e. The van der Waals surface area contributed by atoms with E-state index in [-0.39, 0.29) is 29.8 Å². The lowest BCUT2D eigenvalue weighted by atomic mass is 10.1. The van der Waals surface area contributed by atoms with Crippen LogP contribution >= 0.6 is 23.7 Å². The summed E-state index contributed by atoms with van der Waals surface area (Å²) in [5.41, 5.74) is 4.52. The lowest BCUT2D eigenvalue weighted by Crippen LogP contribution is -2.36. The number of carbonyl (C=O) groups is 1. The molecule has 4 aromatic rings. The maximum atomic E-state index is 13.6. The number of halogens is 1. The van der Waals surface area contributed by atoms with E-state index in [1.54, 1.807) is 24.1 Å². The molecule has 7 nitrogen and oxygen atoms in total. The van der Waals surface area contributed by atoms with Gasteiger partial charge in [-0.25, -0.2) is 13.4 Å². The molecule has 0 saturated carbocycles. The number of hydrogen-bond acceptors (Lipinski definition) is 6. The molecule has 1 heterocycles. The monoisotopic (exact) mass is 572 g/mol. The SMILES string of the molecule is Cc1cc2nc(N(CCN(C)C)C(=O)c3ccc(S(=O)(=O)N(C)Cc4ccccc4)cc3)sc2cc1C.Cl. The molecule has 0 unspecified atom stereocenters. The standard InChI is InChI=1S/C28H32N4O3S2.ClH/c1-20-17-25-26(18-21(20)2)36-28(29-25)32(16-15-30(3)4)27(33)23-11-13-24(14-12-23)37(34,35)31(5)19-22-9-7-6-8-10-22;/h6-14,17-18H,15-16,19H2,1-5H3;1H. The number of fused-ring (bicyclic) bond motifs is 1. The lowest BCUT2D eigenvalue weighted by molar-refractivity contribution is 0.0985. The Labute approximate surface area is 235 Å². The van der Waals surface area contributed by atoms with Gasteiger partial charge in [-0.3, -0.25) is 9.69 Å². The first-order chi connectivity index (χ1) is 17.6. The molecule has 202 valence electrons. The maximum absolute atomic E-state index is 13.6. The van der Waals surface area contributed by atoms with Gasteiger partial charge in [-0.2, -0.15) is 4.31 Å². The van der Waals surface area contributed by atoms with Crippen LogP contribution in [0.1, 0.15) is 27.0 Å². The molecule has 0 atom stereocenters. The molecule has 0 aliphatic rings. The van der Waals surface area contributed by atoms with E-state index in [9.17, 15) is 13.2 Å². The van der Waals surface area contributed by atoms with E-state index in [1.165, 1.54) is 33.3 Å². The number of aryl methyl sites for hydroxylation is 2. The van der Waals surface area contributed by atoms with Crippen LogP contribution in [0.5, 0.6) is 0 Å². The van der Waals surface area contributed by atoms with Gasteiger partial charge in [-0.05, 0) is 81.0 Å². The molecule has 0 radical (unpaired) electrons. The summed E-state index contributed by atoms with van der Waals surface area (Å²) in [6.07, 6.45) is 0. The number of rotatable bonds is 9. The van der Waals surface area contributed by atoms with Gasteiger partial charge < -0.3 is 4.90 Å². The fourth-order valence-electron chi connectivity index (χ4n) is 3.90. The van der Waals surface area contributed by atoms with E-state index in [4.69, 9.17) is 4.98 Å². The van der Waals surface area contributed by atoms with Crippen molar-refractivity contribution in [3.8, 4) is 0 Å². The molecule has 4 rings (SSSR count). The largest absolute Gasteiger partial charge is 0.308 e. The normalized spacial score (nSPS) is 11.7. The van der Waals surface area contributed by atoms with Crippen LogP contribution in [-0.4, -0.2) is 62.7 Å². The average molecular weight is 573 g/mol. The molecule has 38 heavy (non-hydrogen) atoms. The Morgan fingerprint density at radius 1 is 0.895 bits per heavy atom. The molecule has 0 saturated heterocycles. The first kappa shape index (κ1) is 29.7. The number of nitrogens with zero attached hydrogens (tertiary/aromatic N) is 4. The van der Waals surface area contributed by atoms with E-state index < -0.39 is 10.0 Å². The second-order valence-electron chi connectivity index (χ2n) is 9.43. The average Bonchev–Trinajstić information content (AvgIpc) is 3.26. The number of thiazole rings is 1. The Morgan fingerprint density at radius 3 is 2.16 bits per heavy atom. The van der Waals surface area contributed by atoms with Gasteiger partial charge in [0, 0.05) is 32.2 Å². The second kappa shape index (κ2) is 12.4. The molecule has 0 aliphatic heterocycles. The van der Waals surface area contributed by atoms with E-state index in [1.807, 2.05) is 55.4 Å². The molecule has 1 amide bonds. The number of benzene rings is 3. The molecule has 0 aliphatic carbocycles. The molecule has 3 aromatic carbocycles. The third-order valence-corrected chi connectivity index (χ3v) is 9.16. The summed E-state index contributed by atoms with van der Waals surface area (Å²) in [5.74, 6) is -0.212. The predicted octanol–water partition coefficient (Wildman–Crippen LogP) is 5.36. The molecule has 0 bridgehead atoms. The Kier molecular flexibility index (Phi) is 9.67. The highest BCUT2D eigenvalue weighted by Gasteiger charge is 2.24. The second-order valence-corrected chi connectivity index (χ2v) is 12.5. The van der Waals surface area contributed by atoms with Crippen molar-refractivity contribution < 1.29 is 13.2 Å². The number of carbonyl (C=O) groups excluding carboxylic acids is 1. The van der Waals surface area contributed by atoms with Gasteiger partial charge in [-0.15, -0.1) is 12.4 Å². The van der Waals surface area contributed by atoms with Gasteiger partial charge in [0.1, 0.15) is 0 Å². The Bertz CT molecular complexity index is 1470. The molecule has 1 aromatic heterocycles. The number of amides is 1. The van der Waals surface area contributed by atoms with Crippen molar-refractivity contribution in [2.75, 3.05) is 39.1 Å². The van der Waals surface area contributed by atoms with Crippen LogP contribution in [-0.2, 0) is 16.6 Å². The highest BCUT2D eigenvalue weighted by molar-refractivity contribution is 7.89. The van der Waals surface area contributed by atoms with E-state index in [2.05, 4.69) is 19.9 Å². The molecular weight excluding hydrogens is 540 g/mol. The van der Waals surface area contributed by atoms with E-state index in [0.29, 0.717) is 23.8 Å². The van der Waals surface area contributed by atoms with E-state index >= 15 is 0 Å². The third kappa shape index (κ3) is 6.59. The van der Waals surface area contributed by atoms with Crippen molar-refractivity contribution in [1.82, 2.24) is 14.2 Å². The summed E-state index contributed by atoms with van der Waals surface area (Å²) in [7, 11) is 1.76. The van der Waals surface area contributed by atoms with Crippen LogP contribution < -0.4 is 4.90 Å². The fraction of sp³-hybridized carbons (Fsp3) is 0.286. The van der Waals surface area contributed by atoms with Gasteiger partial charge in [-0.1, -0.05) is 41.7 Å². The van der Waals surface area contributed by atoms with Gasteiger partial charge in [0.2, 0.25) is 10.0 Å². The van der Waals surface area contributed by atoms with Gasteiger partial charge >= 0.3 is 0 Å². The predicted molar refractivity (Wildman–Crippen MR) is 158 cm³/mol. The smallest absolute Gasteiger partial charge is 0.260 e. The highest BCUT2D eigenvalue weighted by atomic mass is 35.5. The number of hydrogen-bond donors (Lipinski definition) is 0. The zero-order chi connectivity index (χ0) is 26.7. The lowest BCUT2D eigenvalue weighted by Gasteiger charge is -2.22. The van der Waals surface area contributed by atoms with Crippen LogP contribution in [0.25, 0.3) is 10.2 Å². The first-order valence-electron chi connectivity index (χ1n) is 12.0. The minimum Gasteiger partial charge on any atom is -0.308 e. The van der Waals surface area contributed by atoms with Gasteiger partial charge in [0.05, 0.1) is 15.1 Å². The Morgan fingerprint density at radius 2 is 1.53 bits per heavy atom. The molecular formula is C28H33ClN4O3S2.